The molecule has 0 aliphatic heterocycles. The van der Waals surface area contributed by atoms with Crippen molar-refractivity contribution in [2.75, 3.05) is 0 Å². The number of nitrogens with one attached hydrogen (secondary N) is 1. The normalized spacial score (nSPS) is 13.1. The number of aryl methyl sites for hydroxylation is 1. The molecule has 0 atom stereocenters. The topological polar surface area (TPSA) is 62.3 Å². The summed E-state index contributed by atoms with van der Waals surface area (Å²) in [7, 11) is 0. The first-order valence-electron chi connectivity index (χ1n) is 7.45. The fraction of sp³-hybridized carbons (Fsp3) is 0.167. The summed E-state index contributed by atoms with van der Waals surface area (Å²) in [4.78, 5) is 15.6. The number of halogens is 3. The lowest BCUT2D eigenvalue weighted by Crippen LogP contribution is -2.16. The Morgan fingerprint density at radius 1 is 1.38 bits per heavy atom. The maximum atomic E-state index is 12.4. The second-order valence-corrected chi connectivity index (χ2v) is 6.26. The van der Waals surface area contributed by atoms with E-state index in [9.17, 15) is 23.1 Å². The molecule has 0 spiro atoms. The van der Waals surface area contributed by atoms with Gasteiger partial charge in [0.1, 0.15) is 5.75 Å². The molecular formula is C18H16F3NO3S. The highest BCUT2D eigenvalue weighted by molar-refractivity contribution is 8.03. The average molecular weight is 383 g/mol. The van der Waals surface area contributed by atoms with Crippen LogP contribution in [0.1, 0.15) is 12.6 Å². The van der Waals surface area contributed by atoms with Gasteiger partial charge in [-0.3, -0.25) is 0 Å². The van der Waals surface area contributed by atoms with Gasteiger partial charge in [0, 0.05) is 26.9 Å². The predicted molar refractivity (Wildman–Crippen MR) is 95.2 cm³/mol. The highest BCUT2D eigenvalue weighted by Crippen LogP contribution is 2.40. The molecule has 2 aromatic rings. The SMILES string of the molecule is C=C/C=C(Sc1c(C)[nH]c2cc(OC(F)(F)F)ccc12)\C(=C/C)C(=O)O. The molecule has 0 aliphatic carbocycles. The van der Waals surface area contributed by atoms with Crippen molar-refractivity contribution in [3.63, 3.8) is 0 Å². The van der Waals surface area contributed by atoms with Gasteiger partial charge in [0.25, 0.3) is 0 Å². The molecule has 1 heterocycles. The van der Waals surface area contributed by atoms with Crippen LogP contribution in [0.15, 0.2) is 58.4 Å². The molecule has 2 N–H and O–H groups in total. The fourth-order valence-corrected chi connectivity index (χ4v) is 3.57. The molecule has 0 bridgehead atoms. The second-order valence-electron chi connectivity index (χ2n) is 5.21. The van der Waals surface area contributed by atoms with Crippen molar-refractivity contribution in [2.45, 2.75) is 25.1 Å². The summed E-state index contributed by atoms with van der Waals surface area (Å²) >= 11 is 1.20. The number of rotatable bonds is 6. The number of benzene rings is 1. The number of hydrogen-bond acceptors (Lipinski definition) is 3. The van der Waals surface area contributed by atoms with Crippen LogP contribution in [0.25, 0.3) is 10.9 Å². The Balaban J connectivity index is 2.46. The number of aliphatic carboxylic acids is 1. The van der Waals surface area contributed by atoms with E-state index in [4.69, 9.17) is 0 Å². The third-order valence-corrected chi connectivity index (χ3v) is 4.70. The van der Waals surface area contributed by atoms with E-state index in [0.29, 0.717) is 26.4 Å². The molecule has 0 aliphatic rings. The Hall–Kier alpha value is -2.61. The van der Waals surface area contributed by atoms with E-state index in [1.54, 1.807) is 19.9 Å². The van der Waals surface area contributed by atoms with Gasteiger partial charge in [-0.2, -0.15) is 0 Å². The Morgan fingerprint density at radius 2 is 2.08 bits per heavy atom. The lowest BCUT2D eigenvalue weighted by Gasteiger charge is -2.09. The molecule has 1 aromatic carbocycles. The number of allylic oxidation sites excluding steroid dienone is 3. The minimum atomic E-state index is -4.77. The zero-order valence-electron chi connectivity index (χ0n) is 14.0. The van der Waals surface area contributed by atoms with Crippen molar-refractivity contribution in [1.29, 1.82) is 0 Å². The molecule has 138 valence electrons. The lowest BCUT2D eigenvalue weighted by molar-refractivity contribution is -0.274. The Kier molecular flexibility index (Phi) is 5.86. The minimum absolute atomic E-state index is 0.112. The number of carboxylic acids is 1. The number of aromatic amines is 1. The second kappa shape index (κ2) is 7.74. The van der Waals surface area contributed by atoms with Crippen molar-refractivity contribution < 1.29 is 27.8 Å². The number of carboxylic acid groups (broad SMARTS) is 1. The van der Waals surface area contributed by atoms with Crippen LogP contribution in [0.4, 0.5) is 13.2 Å². The van der Waals surface area contributed by atoms with E-state index in [0.717, 1.165) is 0 Å². The maximum absolute atomic E-state index is 12.4. The first-order valence-corrected chi connectivity index (χ1v) is 8.26. The third-order valence-electron chi connectivity index (χ3n) is 3.40. The number of alkyl halides is 3. The molecule has 4 nitrogen and oxygen atoms in total. The molecule has 8 heteroatoms. The smallest absolute Gasteiger partial charge is 0.478 e. The quantitative estimate of drug-likeness (QED) is 0.389. The molecule has 0 saturated carbocycles. The molecule has 0 unspecified atom stereocenters. The van der Waals surface area contributed by atoms with Gasteiger partial charge in [0.15, 0.2) is 0 Å². The van der Waals surface area contributed by atoms with Crippen LogP contribution in [-0.2, 0) is 4.79 Å². The minimum Gasteiger partial charge on any atom is -0.478 e. The van der Waals surface area contributed by atoms with Gasteiger partial charge < -0.3 is 14.8 Å². The van der Waals surface area contributed by atoms with Crippen LogP contribution < -0.4 is 4.74 Å². The van der Waals surface area contributed by atoms with E-state index in [1.165, 1.54) is 42.1 Å². The van der Waals surface area contributed by atoms with Gasteiger partial charge in [0.2, 0.25) is 0 Å². The van der Waals surface area contributed by atoms with E-state index < -0.39 is 12.3 Å². The monoisotopic (exact) mass is 383 g/mol. The summed E-state index contributed by atoms with van der Waals surface area (Å²) in [5.74, 6) is -1.41. The first-order chi connectivity index (χ1) is 12.2. The molecule has 2 rings (SSSR count). The third kappa shape index (κ3) is 4.51. The highest BCUT2D eigenvalue weighted by Gasteiger charge is 2.31. The zero-order chi connectivity index (χ0) is 19.5. The number of thioether (sulfide) groups is 1. The molecule has 26 heavy (non-hydrogen) atoms. The van der Waals surface area contributed by atoms with Gasteiger partial charge in [-0.15, -0.1) is 13.2 Å². The number of ether oxygens (including phenoxy) is 1. The Bertz CT molecular complexity index is 910. The van der Waals surface area contributed by atoms with Crippen LogP contribution in [-0.4, -0.2) is 22.4 Å². The summed E-state index contributed by atoms with van der Waals surface area (Å²) in [6.07, 6.45) is -0.235. The maximum Gasteiger partial charge on any atom is 0.573 e. The highest BCUT2D eigenvalue weighted by atomic mass is 32.2. The van der Waals surface area contributed by atoms with Crippen molar-refractivity contribution >= 4 is 28.6 Å². The van der Waals surface area contributed by atoms with E-state index >= 15 is 0 Å². The number of aromatic nitrogens is 1. The molecule has 0 fully saturated rings. The number of carbonyl (C=O) groups is 1. The summed E-state index contributed by atoms with van der Waals surface area (Å²) in [6, 6.07) is 3.98. The fourth-order valence-electron chi connectivity index (χ4n) is 2.38. The van der Waals surface area contributed by atoms with Crippen molar-refractivity contribution in [3.8, 4) is 5.75 Å². The van der Waals surface area contributed by atoms with Crippen molar-refractivity contribution in [1.82, 2.24) is 4.98 Å². The van der Waals surface area contributed by atoms with Crippen molar-refractivity contribution in [3.05, 3.63) is 59.2 Å². The van der Waals surface area contributed by atoms with Crippen LogP contribution in [0.3, 0.4) is 0 Å². The summed E-state index contributed by atoms with van der Waals surface area (Å²) in [5, 5.41) is 10.0. The van der Waals surface area contributed by atoms with Gasteiger partial charge in [-0.05, 0) is 32.1 Å². The lowest BCUT2D eigenvalue weighted by atomic mass is 10.2. The standard InChI is InChI=1S/C18H16F3NO3S/c1-4-6-15(12(5-2)17(23)24)26-16-10(3)22-14-9-11(7-8-13(14)16)25-18(19,20)21/h4-9,22H,1H2,2-3H3,(H,23,24)/b12-5+,15-6+. The molecule has 0 radical (unpaired) electrons. The summed E-state index contributed by atoms with van der Waals surface area (Å²) in [5.41, 5.74) is 1.27. The van der Waals surface area contributed by atoms with Gasteiger partial charge >= 0.3 is 12.3 Å². The average Bonchev–Trinajstić information content (AvgIpc) is 2.81. The molecular weight excluding hydrogens is 367 g/mol. The van der Waals surface area contributed by atoms with Gasteiger partial charge in [-0.25, -0.2) is 4.79 Å². The van der Waals surface area contributed by atoms with Crippen LogP contribution in [0.2, 0.25) is 0 Å². The predicted octanol–water partition coefficient (Wildman–Crippen LogP) is 5.57. The zero-order valence-corrected chi connectivity index (χ0v) is 14.8. The first kappa shape index (κ1) is 19.7. The molecule has 1 aromatic heterocycles. The van der Waals surface area contributed by atoms with E-state index in [-0.39, 0.29) is 11.3 Å². The Labute approximate surface area is 152 Å². The summed E-state index contributed by atoms with van der Waals surface area (Å²) < 4.78 is 41.0. The van der Waals surface area contributed by atoms with Gasteiger partial charge in [0.05, 0.1) is 11.1 Å². The van der Waals surface area contributed by atoms with Crippen LogP contribution in [0.5, 0.6) is 5.75 Å². The largest absolute Gasteiger partial charge is 0.573 e. The molecule has 0 amide bonds. The number of H-pyrrole nitrogens is 1. The van der Waals surface area contributed by atoms with Crippen LogP contribution in [0, 0.1) is 6.92 Å². The number of hydrogen-bond donors (Lipinski definition) is 2. The Morgan fingerprint density at radius 3 is 2.62 bits per heavy atom. The number of fused-ring (bicyclic) bond motifs is 1. The van der Waals surface area contributed by atoms with Gasteiger partial charge in [-0.1, -0.05) is 30.5 Å². The van der Waals surface area contributed by atoms with E-state index in [2.05, 4.69) is 16.3 Å². The van der Waals surface area contributed by atoms with E-state index in [1.807, 2.05) is 0 Å². The van der Waals surface area contributed by atoms with Crippen LogP contribution >= 0.6 is 11.8 Å². The molecule has 0 saturated heterocycles. The summed E-state index contributed by atoms with van der Waals surface area (Å²) in [6.45, 7) is 6.97. The van der Waals surface area contributed by atoms with Crippen molar-refractivity contribution in [2.24, 2.45) is 0 Å².